The van der Waals surface area contributed by atoms with Gasteiger partial charge in [0.2, 0.25) is 0 Å². The number of allylic oxidation sites excluding steroid dienone is 1. The van der Waals surface area contributed by atoms with Gasteiger partial charge in [-0.15, -0.1) is 4.68 Å². The van der Waals surface area contributed by atoms with Gasteiger partial charge in [-0.25, -0.2) is 0 Å². The molecule has 2 aromatic rings. The molecular weight excluding hydrogens is 280 g/mol. The molecule has 0 unspecified atom stereocenters. The number of nitrogens with zero attached hydrogens (tertiary/aromatic N) is 5. The van der Waals surface area contributed by atoms with Crippen molar-refractivity contribution in [2.75, 3.05) is 0 Å². The van der Waals surface area contributed by atoms with Gasteiger partial charge in [0.25, 0.3) is 11.9 Å². The number of carbonyl (C=O) groups excluding carboxylic acids is 1. The first kappa shape index (κ1) is 14.1. The fourth-order valence-electron chi connectivity index (χ4n) is 2.00. The summed E-state index contributed by atoms with van der Waals surface area (Å²) in [6, 6.07) is 9.60. The summed E-state index contributed by atoms with van der Waals surface area (Å²) in [6.45, 7) is 6.08. The zero-order valence-electron chi connectivity index (χ0n) is 12.6. The highest BCUT2D eigenvalue weighted by Gasteiger charge is 2.25. The van der Waals surface area contributed by atoms with Crippen LogP contribution in [0.2, 0.25) is 0 Å². The molecule has 0 fully saturated rings. The number of nitrogens with one attached hydrogen (secondary N) is 1. The Labute approximate surface area is 127 Å². The number of tetrazole rings is 1. The molecule has 22 heavy (non-hydrogen) atoms. The molecule has 0 bridgehead atoms. The van der Waals surface area contributed by atoms with Crippen LogP contribution in [0.4, 0.5) is 5.95 Å². The predicted molar refractivity (Wildman–Crippen MR) is 82.5 cm³/mol. The summed E-state index contributed by atoms with van der Waals surface area (Å²) < 4.78 is 1.09. The first-order chi connectivity index (χ1) is 10.4. The van der Waals surface area contributed by atoms with E-state index in [4.69, 9.17) is 0 Å². The Bertz CT molecular complexity index is 767. The van der Waals surface area contributed by atoms with E-state index in [1.165, 1.54) is 6.08 Å². The lowest BCUT2D eigenvalue weighted by Gasteiger charge is -2.25. The standard InChI is InChI=1S/C15H16N6O/c1-15(2,3)13-16-11(10-7-5-4-6-8-10)9-12(22)21-14(17-13)18-19-20-21/h4-9H,1-3H3,(H,16,17,18,20)/b11-9-. The maximum Gasteiger partial charge on any atom is 0.278 e. The largest absolute Gasteiger partial charge is 0.343 e. The second-order valence-electron chi connectivity index (χ2n) is 5.99. The van der Waals surface area contributed by atoms with Crippen LogP contribution in [0.5, 0.6) is 0 Å². The third-order valence-corrected chi connectivity index (χ3v) is 3.19. The van der Waals surface area contributed by atoms with E-state index in [2.05, 4.69) is 25.8 Å². The minimum atomic E-state index is -0.344. The minimum absolute atomic E-state index is 0.172. The molecule has 2 heterocycles. The van der Waals surface area contributed by atoms with E-state index in [1.807, 2.05) is 51.1 Å². The highest BCUT2D eigenvalue weighted by molar-refractivity contribution is 6.04. The molecule has 1 N–H and O–H groups in total. The Hall–Kier alpha value is -2.83. The molecule has 0 saturated carbocycles. The maximum atomic E-state index is 12.3. The van der Waals surface area contributed by atoms with Crippen molar-refractivity contribution in [3.05, 3.63) is 42.0 Å². The van der Waals surface area contributed by atoms with E-state index < -0.39 is 0 Å². The molecule has 0 spiro atoms. The van der Waals surface area contributed by atoms with Crippen LogP contribution < -0.4 is 5.32 Å². The highest BCUT2D eigenvalue weighted by Crippen LogP contribution is 2.23. The van der Waals surface area contributed by atoms with Crippen molar-refractivity contribution in [3.63, 3.8) is 0 Å². The molecular formula is C15H16N6O. The van der Waals surface area contributed by atoms with Gasteiger partial charge in [0, 0.05) is 11.5 Å². The van der Waals surface area contributed by atoms with E-state index in [0.717, 1.165) is 10.2 Å². The SMILES string of the molecule is CC(C)(C)/C1=N/c2nnnn2C(=O)/C=C(/c2ccccc2)N1. The first-order valence-electron chi connectivity index (χ1n) is 6.91. The molecule has 1 aliphatic rings. The summed E-state index contributed by atoms with van der Waals surface area (Å²) in [6.07, 6.45) is 1.48. The Morgan fingerprint density at radius 2 is 1.86 bits per heavy atom. The molecule has 112 valence electrons. The van der Waals surface area contributed by atoms with Gasteiger partial charge in [-0.05, 0) is 16.0 Å². The van der Waals surface area contributed by atoms with Gasteiger partial charge in [-0.3, -0.25) is 4.79 Å². The number of hydrogen-bond acceptors (Lipinski definition) is 6. The van der Waals surface area contributed by atoms with Gasteiger partial charge >= 0.3 is 0 Å². The second kappa shape index (κ2) is 5.18. The Morgan fingerprint density at radius 1 is 1.14 bits per heavy atom. The number of aromatic nitrogens is 4. The molecule has 1 aromatic carbocycles. The molecule has 3 rings (SSSR count). The summed E-state index contributed by atoms with van der Waals surface area (Å²) >= 11 is 0. The van der Waals surface area contributed by atoms with Crippen LogP contribution in [-0.2, 0) is 0 Å². The molecule has 7 nitrogen and oxygen atoms in total. The summed E-state index contributed by atoms with van der Waals surface area (Å²) in [7, 11) is 0. The zero-order chi connectivity index (χ0) is 15.7. The highest BCUT2D eigenvalue weighted by atomic mass is 16.2. The number of fused-ring (bicyclic) bond motifs is 1. The molecule has 7 heteroatoms. The molecule has 1 aliphatic heterocycles. The first-order valence-corrected chi connectivity index (χ1v) is 6.91. The van der Waals surface area contributed by atoms with Crippen LogP contribution in [0.3, 0.4) is 0 Å². The van der Waals surface area contributed by atoms with Gasteiger partial charge < -0.3 is 5.32 Å². The average molecular weight is 296 g/mol. The quantitative estimate of drug-likeness (QED) is 0.814. The van der Waals surface area contributed by atoms with Gasteiger partial charge in [0.1, 0.15) is 5.84 Å². The molecule has 0 saturated heterocycles. The molecule has 0 amide bonds. The average Bonchev–Trinajstić information content (AvgIpc) is 2.91. The Kier molecular flexibility index (Phi) is 3.32. The monoisotopic (exact) mass is 296 g/mol. The molecule has 0 radical (unpaired) electrons. The lowest BCUT2D eigenvalue weighted by Crippen LogP contribution is -2.35. The number of rotatable bonds is 1. The van der Waals surface area contributed by atoms with Crippen LogP contribution in [0, 0.1) is 5.41 Å². The van der Waals surface area contributed by atoms with Crippen LogP contribution in [0.25, 0.3) is 5.70 Å². The number of amidine groups is 1. The minimum Gasteiger partial charge on any atom is -0.343 e. The number of aliphatic imine (C=N–C) groups is 1. The van der Waals surface area contributed by atoms with Crippen molar-refractivity contribution in [1.82, 2.24) is 25.5 Å². The third-order valence-electron chi connectivity index (χ3n) is 3.19. The van der Waals surface area contributed by atoms with E-state index in [1.54, 1.807) is 0 Å². The van der Waals surface area contributed by atoms with Crippen molar-refractivity contribution in [3.8, 4) is 0 Å². The lowest BCUT2D eigenvalue weighted by molar-refractivity contribution is 0.0954. The normalized spacial score (nSPS) is 19.9. The van der Waals surface area contributed by atoms with E-state index in [9.17, 15) is 4.79 Å². The molecule has 0 aliphatic carbocycles. The second-order valence-corrected chi connectivity index (χ2v) is 5.99. The maximum absolute atomic E-state index is 12.3. The number of hydrogen-bond donors (Lipinski definition) is 1. The van der Waals surface area contributed by atoms with Crippen molar-refractivity contribution in [2.24, 2.45) is 10.4 Å². The van der Waals surface area contributed by atoms with Crippen molar-refractivity contribution < 1.29 is 4.79 Å². The summed E-state index contributed by atoms with van der Waals surface area (Å²) in [5, 5.41) is 14.3. The fraction of sp³-hybridized carbons (Fsp3) is 0.267. The number of benzene rings is 1. The molecule has 0 atom stereocenters. The fourth-order valence-corrected chi connectivity index (χ4v) is 2.00. The Balaban J connectivity index is 2.15. The van der Waals surface area contributed by atoms with Crippen LogP contribution in [0.1, 0.15) is 31.1 Å². The van der Waals surface area contributed by atoms with Crippen LogP contribution >= 0.6 is 0 Å². The summed E-state index contributed by atoms with van der Waals surface area (Å²) in [5.41, 5.74) is 1.30. The van der Waals surface area contributed by atoms with E-state index >= 15 is 0 Å². The van der Waals surface area contributed by atoms with Crippen molar-refractivity contribution in [1.29, 1.82) is 0 Å². The van der Waals surface area contributed by atoms with Crippen molar-refractivity contribution >= 4 is 23.4 Å². The summed E-state index contributed by atoms with van der Waals surface area (Å²) in [4.78, 5) is 16.7. The van der Waals surface area contributed by atoms with Crippen LogP contribution in [0.15, 0.2) is 41.4 Å². The summed E-state index contributed by atoms with van der Waals surface area (Å²) in [5.74, 6) is 0.514. The Morgan fingerprint density at radius 3 is 2.55 bits per heavy atom. The lowest BCUT2D eigenvalue weighted by atomic mass is 9.94. The van der Waals surface area contributed by atoms with E-state index in [0.29, 0.717) is 11.5 Å². The zero-order valence-corrected chi connectivity index (χ0v) is 12.6. The van der Waals surface area contributed by atoms with Gasteiger partial charge in [0.15, 0.2) is 0 Å². The van der Waals surface area contributed by atoms with Gasteiger partial charge in [-0.1, -0.05) is 56.2 Å². The van der Waals surface area contributed by atoms with Gasteiger partial charge in [-0.2, -0.15) is 4.99 Å². The smallest absolute Gasteiger partial charge is 0.278 e. The van der Waals surface area contributed by atoms with Crippen molar-refractivity contribution in [2.45, 2.75) is 20.8 Å². The van der Waals surface area contributed by atoms with E-state index in [-0.39, 0.29) is 17.3 Å². The number of carbonyl (C=O) groups is 1. The van der Waals surface area contributed by atoms with Gasteiger partial charge in [0.05, 0.1) is 5.70 Å². The predicted octanol–water partition coefficient (Wildman–Crippen LogP) is 2.03. The van der Waals surface area contributed by atoms with Crippen LogP contribution in [-0.4, -0.2) is 32.0 Å². The topological polar surface area (TPSA) is 85.1 Å². The molecule has 1 aromatic heterocycles. The third kappa shape index (κ3) is 2.65.